The molecule has 0 saturated carbocycles. The van der Waals surface area contributed by atoms with Crippen molar-refractivity contribution in [2.24, 2.45) is 0 Å². The average Bonchev–Trinajstić information content (AvgIpc) is 2.94. The zero-order valence-corrected chi connectivity index (χ0v) is 15.9. The third-order valence-corrected chi connectivity index (χ3v) is 4.94. The molecule has 0 atom stereocenters. The van der Waals surface area contributed by atoms with E-state index in [-0.39, 0.29) is 5.91 Å². The van der Waals surface area contributed by atoms with Crippen LogP contribution in [0.25, 0.3) is 6.08 Å². The van der Waals surface area contributed by atoms with Gasteiger partial charge in [-0.25, -0.2) is 4.79 Å². The number of benzene rings is 2. The number of ether oxygens (including phenoxy) is 2. The first-order valence-corrected chi connectivity index (χ1v) is 9.07. The molecule has 1 heterocycles. The molecule has 1 aliphatic heterocycles. The zero-order valence-electron chi connectivity index (χ0n) is 14.2. The second-order valence-corrected chi connectivity index (χ2v) is 7.15. The number of methoxy groups -OCH3 is 1. The molecule has 0 unspecified atom stereocenters. The van der Waals surface area contributed by atoms with Crippen molar-refractivity contribution in [3.63, 3.8) is 0 Å². The van der Waals surface area contributed by atoms with Crippen molar-refractivity contribution in [2.75, 3.05) is 18.6 Å². The van der Waals surface area contributed by atoms with Crippen molar-refractivity contribution >= 4 is 51.9 Å². The van der Waals surface area contributed by atoms with Crippen LogP contribution in [0.1, 0.15) is 5.56 Å². The number of thioether (sulfide) groups is 1. The number of carboxylic acid groups (broad SMARTS) is 1. The van der Waals surface area contributed by atoms with E-state index in [9.17, 15) is 9.59 Å². The number of hydrogen-bond donors (Lipinski definition) is 1. The van der Waals surface area contributed by atoms with E-state index in [0.29, 0.717) is 32.0 Å². The fourth-order valence-electron chi connectivity index (χ4n) is 2.41. The number of anilines is 1. The Labute approximate surface area is 165 Å². The number of amides is 1. The van der Waals surface area contributed by atoms with Crippen LogP contribution in [-0.2, 0) is 9.59 Å². The van der Waals surface area contributed by atoms with Crippen molar-refractivity contribution in [3.8, 4) is 11.5 Å². The van der Waals surface area contributed by atoms with Crippen LogP contribution in [0, 0.1) is 0 Å². The zero-order chi connectivity index (χ0) is 19.4. The minimum absolute atomic E-state index is 0.216. The Kier molecular flexibility index (Phi) is 5.78. The second kappa shape index (κ2) is 8.24. The third-order valence-electron chi connectivity index (χ3n) is 3.64. The number of nitrogens with zero attached hydrogens (tertiary/aromatic N) is 1. The largest absolute Gasteiger partial charge is 0.497 e. The lowest BCUT2D eigenvalue weighted by Gasteiger charge is -2.14. The standard InChI is InChI=1S/C19H15NO5S2/c1-24-14-7-5-13(6-8-14)20-18(23)16(27-19(20)26)10-12-3-2-4-15(9-12)25-11-17(21)22/h2-10H,11H2,1H3,(H,21,22). The Balaban J connectivity index is 1.81. The maximum absolute atomic E-state index is 12.8. The number of thiocarbonyl (C=S) groups is 1. The highest BCUT2D eigenvalue weighted by Gasteiger charge is 2.33. The lowest BCUT2D eigenvalue weighted by Crippen LogP contribution is -2.27. The van der Waals surface area contributed by atoms with Crippen LogP contribution in [0.3, 0.4) is 0 Å². The smallest absolute Gasteiger partial charge is 0.341 e. The summed E-state index contributed by atoms with van der Waals surface area (Å²) < 4.78 is 10.7. The SMILES string of the molecule is COc1ccc(N2C(=O)C(=Cc3cccc(OCC(=O)O)c3)SC2=S)cc1. The van der Waals surface area contributed by atoms with Crippen molar-refractivity contribution in [3.05, 3.63) is 59.0 Å². The van der Waals surface area contributed by atoms with Gasteiger partial charge in [-0.3, -0.25) is 9.69 Å². The Morgan fingerprint density at radius 2 is 1.96 bits per heavy atom. The highest BCUT2D eigenvalue weighted by Crippen LogP contribution is 2.36. The van der Waals surface area contributed by atoms with E-state index in [0.717, 1.165) is 0 Å². The number of rotatable bonds is 6. The molecule has 3 rings (SSSR count). The summed E-state index contributed by atoms with van der Waals surface area (Å²) in [5, 5.41) is 8.70. The van der Waals surface area contributed by atoms with E-state index in [1.807, 2.05) is 0 Å². The first-order valence-electron chi connectivity index (χ1n) is 7.84. The summed E-state index contributed by atoms with van der Waals surface area (Å²) in [6.07, 6.45) is 1.70. The van der Waals surface area contributed by atoms with Crippen LogP contribution in [0.4, 0.5) is 5.69 Å². The lowest BCUT2D eigenvalue weighted by atomic mass is 10.2. The second-order valence-electron chi connectivity index (χ2n) is 5.47. The van der Waals surface area contributed by atoms with Gasteiger partial charge in [-0.1, -0.05) is 36.1 Å². The highest BCUT2D eigenvalue weighted by molar-refractivity contribution is 8.27. The van der Waals surface area contributed by atoms with Crippen molar-refractivity contribution in [2.45, 2.75) is 0 Å². The van der Waals surface area contributed by atoms with E-state index < -0.39 is 12.6 Å². The van der Waals surface area contributed by atoms with Crippen LogP contribution >= 0.6 is 24.0 Å². The quantitative estimate of drug-likeness (QED) is 0.586. The predicted octanol–water partition coefficient (Wildman–Crippen LogP) is 3.56. The molecule has 1 aliphatic rings. The van der Waals surface area contributed by atoms with Gasteiger partial charge in [-0.2, -0.15) is 0 Å². The summed E-state index contributed by atoms with van der Waals surface area (Å²) in [5.74, 6) is -0.164. The summed E-state index contributed by atoms with van der Waals surface area (Å²) in [4.78, 5) is 25.3. The van der Waals surface area contributed by atoms with Gasteiger partial charge in [-0.05, 0) is 48.0 Å². The van der Waals surface area contributed by atoms with Gasteiger partial charge in [0.2, 0.25) is 0 Å². The number of carboxylic acids is 1. The van der Waals surface area contributed by atoms with E-state index in [4.69, 9.17) is 26.8 Å². The molecule has 2 aromatic rings. The highest BCUT2D eigenvalue weighted by atomic mass is 32.2. The van der Waals surface area contributed by atoms with Crippen molar-refractivity contribution < 1.29 is 24.2 Å². The van der Waals surface area contributed by atoms with Crippen LogP contribution in [0.15, 0.2) is 53.4 Å². The molecule has 138 valence electrons. The molecule has 0 radical (unpaired) electrons. The van der Waals surface area contributed by atoms with Gasteiger partial charge in [0, 0.05) is 0 Å². The molecular formula is C19H15NO5S2. The fourth-order valence-corrected chi connectivity index (χ4v) is 3.71. The topological polar surface area (TPSA) is 76.1 Å². The van der Waals surface area contributed by atoms with Gasteiger partial charge < -0.3 is 14.6 Å². The number of hydrogen-bond acceptors (Lipinski definition) is 6. The van der Waals surface area contributed by atoms with Gasteiger partial charge >= 0.3 is 5.97 Å². The summed E-state index contributed by atoms with van der Waals surface area (Å²) >= 11 is 6.56. The van der Waals surface area contributed by atoms with Gasteiger partial charge in [0.05, 0.1) is 17.7 Å². The number of carbonyl (C=O) groups is 2. The van der Waals surface area contributed by atoms with E-state index >= 15 is 0 Å². The van der Waals surface area contributed by atoms with E-state index in [1.165, 1.54) is 16.7 Å². The fraction of sp³-hybridized carbons (Fsp3) is 0.105. The van der Waals surface area contributed by atoms with Gasteiger partial charge in [0.1, 0.15) is 11.5 Å². The molecule has 0 spiro atoms. The summed E-state index contributed by atoms with van der Waals surface area (Å²) in [6, 6.07) is 13.9. The normalized spacial score (nSPS) is 15.3. The Morgan fingerprint density at radius 3 is 2.63 bits per heavy atom. The summed E-state index contributed by atoms with van der Waals surface area (Å²) in [5.41, 5.74) is 1.38. The molecule has 1 fully saturated rings. The first-order chi connectivity index (χ1) is 13.0. The Bertz CT molecular complexity index is 924. The van der Waals surface area contributed by atoms with Crippen LogP contribution < -0.4 is 14.4 Å². The molecule has 1 N–H and O–H groups in total. The minimum Gasteiger partial charge on any atom is -0.497 e. The maximum Gasteiger partial charge on any atom is 0.341 e. The number of aliphatic carboxylic acids is 1. The average molecular weight is 401 g/mol. The molecule has 0 aliphatic carbocycles. The molecule has 2 aromatic carbocycles. The summed E-state index contributed by atoms with van der Waals surface area (Å²) in [6.45, 7) is -0.428. The Hall–Kier alpha value is -2.84. The molecule has 1 saturated heterocycles. The lowest BCUT2D eigenvalue weighted by molar-refractivity contribution is -0.139. The molecule has 6 nitrogen and oxygen atoms in total. The van der Waals surface area contributed by atoms with Crippen LogP contribution in [-0.4, -0.2) is 35.0 Å². The predicted molar refractivity (Wildman–Crippen MR) is 108 cm³/mol. The van der Waals surface area contributed by atoms with Crippen LogP contribution in [0.2, 0.25) is 0 Å². The monoisotopic (exact) mass is 401 g/mol. The van der Waals surface area contributed by atoms with Gasteiger partial charge in [-0.15, -0.1) is 0 Å². The maximum atomic E-state index is 12.8. The van der Waals surface area contributed by atoms with Gasteiger partial charge in [0.15, 0.2) is 10.9 Å². The molecule has 8 heteroatoms. The van der Waals surface area contributed by atoms with Crippen LogP contribution in [0.5, 0.6) is 11.5 Å². The molecule has 27 heavy (non-hydrogen) atoms. The van der Waals surface area contributed by atoms with Gasteiger partial charge in [0.25, 0.3) is 5.91 Å². The van der Waals surface area contributed by atoms with Crippen molar-refractivity contribution in [1.82, 2.24) is 0 Å². The number of carbonyl (C=O) groups excluding carboxylic acids is 1. The van der Waals surface area contributed by atoms with E-state index in [1.54, 1.807) is 61.7 Å². The summed E-state index contributed by atoms with van der Waals surface area (Å²) in [7, 11) is 1.58. The van der Waals surface area contributed by atoms with Crippen molar-refractivity contribution in [1.29, 1.82) is 0 Å². The minimum atomic E-state index is -1.05. The molecule has 0 aromatic heterocycles. The van der Waals surface area contributed by atoms with E-state index in [2.05, 4.69) is 0 Å². The Morgan fingerprint density at radius 1 is 1.22 bits per heavy atom. The first kappa shape index (κ1) is 18.9. The molecule has 1 amide bonds. The molecular weight excluding hydrogens is 386 g/mol. The molecule has 0 bridgehead atoms. The third kappa shape index (κ3) is 4.47.